The van der Waals surface area contributed by atoms with Crippen molar-refractivity contribution in [1.29, 1.82) is 0 Å². The lowest BCUT2D eigenvalue weighted by molar-refractivity contribution is 0.0758. The maximum absolute atomic E-state index is 13.0. The van der Waals surface area contributed by atoms with Crippen molar-refractivity contribution >= 4 is 17.7 Å². The molecule has 0 N–H and O–H groups in total. The monoisotopic (exact) mass is 359 g/mol. The Morgan fingerprint density at radius 2 is 1.88 bits per heavy atom. The van der Waals surface area contributed by atoms with Crippen LogP contribution in [0.1, 0.15) is 21.3 Å². The van der Waals surface area contributed by atoms with Crippen molar-refractivity contribution in [2.45, 2.75) is 5.37 Å². The van der Waals surface area contributed by atoms with E-state index in [1.807, 2.05) is 41.3 Å². The van der Waals surface area contributed by atoms with Gasteiger partial charge in [-0.3, -0.25) is 4.79 Å². The number of amides is 1. The van der Waals surface area contributed by atoms with Crippen LogP contribution in [0.25, 0.3) is 0 Å². The van der Waals surface area contributed by atoms with E-state index in [0.717, 1.165) is 11.3 Å². The first-order chi connectivity index (χ1) is 12.2. The molecule has 6 heteroatoms. The predicted molar refractivity (Wildman–Crippen MR) is 98.8 cm³/mol. The summed E-state index contributed by atoms with van der Waals surface area (Å²) in [5, 5.41) is -0.108. The molecule has 0 aliphatic carbocycles. The van der Waals surface area contributed by atoms with Crippen molar-refractivity contribution in [2.24, 2.45) is 0 Å². The average molecular weight is 359 g/mol. The summed E-state index contributed by atoms with van der Waals surface area (Å²) in [4.78, 5) is 14.9. The molecule has 5 nitrogen and oxygen atoms in total. The van der Waals surface area contributed by atoms with Gasteiger partial charge in [0.05, 0.1) is 21.3 Å². The highest BCUT2D eigenvalue weighted by Gasteiger charge is 2.34. The summed E-state index contributed by atoms with van der Waals surface area (Å²) in [6, 6.07) is 13.0. The van der Waals surface area contributed by atoms with Crippen LogP contribution < -0.4 is 14.2 Å². The molecule has 1 amide bonds. The minimum Gasteiger partial charge on any atom is -0.497 e. The maximum Gasteiger partial charge on any atom is 0.255 e. The highest BCUT2D eigenvalue weighted by molar-refractivity contribution is 7.99. The molecule has 0 unspecified atom stereocenters. The van der Waals surface area contributed by atoms with Crippen LogP contribution in [0.2, 0.25) is 0 Å². The molecule has 1 aliphatic heterocycles. The van der Waals surface area contributed by atoms with Crippen LogP contribution in [0.4, 0.5) is 0 Å². The molecule has 1 saturated heterocycles. The van der Waals surface area contributed by atoms with E-state index < -0.39 is 0 Å². The lowest BCUT2D eigenvalue weighted by Gasteiger charge is -2.26. The Hall–Kier alpha value is -2.34. The zero-order valence-electron chi connectivity index (χ0n) is 14.5. The zero-order valence-corrected chi connectivity index (χ0v) is 15.3. The van der Waals surface area contributed by atoms with Crippen LogP contribution in [0.5, 0.6) is 17.2 Å². The van der Waals surface area contributed by atoms with Gasteiger partial charge in [-0.1, -0.05) is 18.2 Å². The third-order valence-corrected chi connectivity index (χ3v) is 5.41. The average Bonchev–Trinajstić information content (AvgIpc) is 3.16. The normalized spacial score (nSPS) is 16.6. The largest absolute Gasteiger partial charge is 0.497 e. The molecule has 1 aliphatic rings. The fraction of sp³-hybridized carbons (Fsp3) is 0.316. The zero-order chi connectivity index (χ0) is 17.8. The standard InChI is InChI=1S/C19H21NO4S/c1-22-14-7-4-6-13(12-14)18(21)20-10-11-25-19(20)15-8-5-9-16(23-2)17(15)24-3/h4-9,12,19H,10-11H2,1-3H3/t19-/m0/s1. The summed E-state index contributed by atoms with van der Waals surface area (Å²) >= 11 is 1.72. The fourth-order valence-electron chi connectivity index (χ4n) is 2.96. The second-order valence-electron chi connectivity index (χ2n) is 5.54. The highest BCUT2D eigenvalue weighted by Crippen LogP contribution is 2.45. The van der Waals surface area contributed by atoms with Gasteiger partial charge in [-0.25, -0.2) is 0 Å². The molecule has 0 bridgehead atoms. The summed E-state index contributed by atoms with van der Waals surface area (Å²) in [5.41, 5.74) is 1.56. The molecule has 0 radical (unpaired) electrons. The van der Waals surface area contributed by atoms with Gasteiger partial charge in [0.2, 0.25) is 0 Å². The molecule has 2 aromatic rings. The number of carbonyl (C=O) groups excluding carboxylic acids is 1. The van der Waals surface area contributed by atoms with Crippen molar-refractivity contribution in [3.05, 3.63) is 53.6 Å². The van der Waals surface area contributed by atoms with Crippen molar-refractivity contribution in [3.63, 3.8) is 0 Å². The number of ether oxygens (including phenoxy) is 3. The molecule has 3 rings (SSSR count). The van der Waals surface area contributed by atoms with E-state index in [9.17, 15) is 4.79 Å². The minimum absolute atomic E-state index is 0.0150. The van der Waals surface area contributed by atoms with Gasteiger partial charge < -0.3 is 19.1 Å². The van der Waals surface area contributed by atoms with Gasteiger partial charge in [0, 0.05) is 23.4 Å². The Morgan fingerprint density at radius 3 is 2.60 bits per heavy atom. The van der Waals surface area contributed by atoms with E-state index in [1.54, 1.807) is 39.2 Å². The van der Waals surface area contributed by atoms with Gasteiger partial charge in [0.25, 0.3) is 5.91 Å². The molecule has 0 spiro atoms. The number of nitrogens with zero attached hydrogens (tertiary/aromatic N) is 1. The van der Waals surface area contributed by atoms with Crippen molar-refractivity contribution in [1.82, 2.24) is 4.90 Å². The summed E-state index contributed by atoms with van der Waals surface area (Å²) in [6.45, 7) is 0.686. The van der Waals surface area contributed by atoms with Crippen LogP contribution in [0.3, 0.4) is 0 Å². The van der Waals surface area contributed by atoms with Gasteiger partial charge in [-0.15, -0.1) is 11.8 Å². The number of para-hydroxylation sites is 1. The smallest absolute Gasteiger partial charge is 0.255 e. The second-order valence-corrected chi connectivity index (χ2v) is 6.72. The number of rotatable bonds is 5. The van der Waals surface area contributed by atoms with Crippen molar-refractivity contribution < 1.29 is 19.0 Å². The lowest BCUT2D eigenvalue weighted by atomic mass is 10.1. The number of carbonyl (C=O) groups is 1. The Labute approximate surface area is 151 Å². The Morgan fingerprint density at radius 1 is 1.08 bits per heavy atom. The SMILES string of the molecule is COc1cccc(C(=O)N2CCS[C@H]2c2cccc(OC)c2OC)c1. The van der Waals surface area contributed by atoms with Gasteiger partial charge in [-0.2, -0.15) is 0 Å². The third kappa shape index (κ3) is 3.39. The molecular weight excluding hydrogens is 338 g/mol. The first-order valence-electron chi connectivity index (χ1n) is 7.97. The predicted octanol–water partition coefficient (Wildman–Crippen LogP) is 3.60. The summed E-state index contributed by atoms with van der Waals surface area (Å²) < 4.78 is 16.2. The molecule has 1 heterocycles. The van der Waals surface area contributed by atoms with Crippen LogP contribution in [0.15, 0.2) is 42.5 Å². The van der Waals surface area contributed by atoms with Gasteiger partial charge in [0.15, 0.2) is 11.5 Å². The first kappa shape index (κ1) is 17.5. The van der Waals surface area contributed by atoms with Gasteiger partial charge in [-0.05, 0) is 24.3 Å². The quantitative estimate of drug-likeness (QED) is 0.816. The Kier molecular flexibility index (Phi) is 5.38. The number of methoxy groups -OCH3 is 3. The lowest BCUT2D eigenvalue weighted by Crippen LogP contribution is -2.30. The van der Waals surface area contributed by atoms with Crippen molar-refractivity contribution in [3.8, 4) is 17.2 Å². The minimum atomic E-state index is -0.108. The summed E-state index contributed by atoms with van der Waals surface area (Å²) in [5.74, 6) is 2.88. The fourth-order valence-corrected chi connectivity index (χ4v) is 4.24. The topological polar surface area (TPSA) is 48.0 Å². The van der Waals surface area contributed by atoms with E-state index >= 15 is 0 Å². The number of benzene rings is 2. The molecule has 2 aromatic carbocycles. The summed E-state index contributed by atoms with van der Waals surface area (Å²) in [6.07, 6.45) is 0. The van der Waals surface area contributed by atoms with Gasteiger partial charge >= 0.3 is 0 Å². The van der Waals surface area contributed by atoms with Crippen LogP contribution in [-0.2, 0) is 0 Å². The van der Waals surface area contributed by atoms with Crippen LogP contribution in [0, 0.1) is 0 Å². The van der Waals surface area contributed by atoms with Crippen LogP contribution in [-0.4, -0.2) is 44.4 Å². The number of thioether (sulfide) groups is 1. The molecule has 1 fully saturated rings. The maximum atomic E-state index is 13.0. The van der Waals surface area contributed by atoms with Gasteiger partial charge in [0.1, 0.15) is 11.1 Å². The van der Waals surface area contributed by atoms with E-state index in [4.69, 9.17) is 14.2 Å². The number of hydrogen-bond acceptors (Lipinski definition) is 5. The molecular formula is C19H21NO4S. The number of hydrogen-bond donors (Lipinski definition) is 0. The highest BCUT2D eigenvalue weighted by atomic mass is 32.2. The molecule has 132 valence electrons. The third-order valence-electron chi connectivity index (χ3n) is 4.17. The molecule has 0 aromatic heterocycles. The Balaban J connectivity index is 1.94. The van der Waals surface area contributed by atoms with Crippen LogP contribution >= 0.6 is 11.8 Å². The summed E-state index contributed by atoms with van der Waals surface area (Å²) in [7, 11) is 4.83. The second kappa shape index (κ2) is 7.70. The first-order valence-corrected chi connectivity index (χ1v) is 9.02. The van der Waals surface area contributed by atoms with E-state index in [-0.39, 0.29) is 11.3 Å². The van der Waals surface area contributed by atoms with E-state index in [1.165, 1.54) is 0 Å². The molecule has 1 atom stereocenters. The van der Waals surface area contributed by atoms with E-state index in [0.29, 0.717) is 29.4 Å². The Bertz CT molecular complexity index is 765. The molecule has 0 saturated carbocycles. The molecule has 25 heavy (non-hydrogen) atoms. The van der Waals surface area contributed by atoms with Crippen molar-refractivity contribution in [2.75, 3.05) is 33.6 Å². The van der Waals surface area contributed by atoms with E-state index in [2.05, 4.69) is 0 Å².